The molecule has 0 bridgehead atoms. The van der Waals surface area contributed by atoms with E-state index in [-0.39, 0.29) is 17.5 Å². The molecule has 0 aliphatic carbocycles. The number of H-pyrrole nitrogens is 1. The quantitative estimate of drug-likeness (QED) is 0.535. The second-order valence-corrected chi connectivity index (χ2v) is 3.03. The van der Waals surface area contributed by atoms with E-state index >= 15 is 0 Å². The smallest absolute Gasteiger partial charge is 0.330 e. The summed E-state index contributed by atoms with van der Waals surface area (Å²) in [5.41, 5.74) is 9.46. The summed E-state index contributed by atoms with van der Waals surface area (Å²) in [6.45, 7) is 3.43. The summed E-state index contributed by atoms with van der Waals surface area (Å²) in [6.07, 6.45) is 0. The Labute approximate surface area is 74.2 Å². The lowest BCUT2D eigenvalue weighted by Crippen LogP contribution is -2.38. The van der Waals surface area contributed by atoms with Crippen molar-refractivity contribution >= 4 is 11.5 Å². The largest absolute Gasteiger partial charge is 0.391 e. The molecule has 6 heteroatoms. The van der Waals surface area contributed by atoms with Gasteiger partial charge in [-0.2, -0.15) is 0 Å². The minimum atomic E-state index is -0.545. The van der Waals surface area contributed by atoms with Crippen LogP contribution in [0.4, 0.5) is 11.5 Å². The Balaban J connectivity index is 3.64. The number of aromatic nitrogens is 2. The number of hydrogen-bond acceptors (Lipinski definition) is 4. The van der Waals surface area contributed by atoms with E-state index in [2.05, 4.69) is 4.98 Å². The first-order chi connectivity index (χ1) is 5.95. The average molecular weight is 184 g/mol. The monoisotopic (exact) mass is 184 g/mol. The van der Waals surface area contributed by atoms with Crippen LogP contribution in [0.2, 0.25) is 0 Å². The fourth-order valence-corrected chi connectivity index (χ4v) is 1.05. The van der Waals surface area contributed by atoms with Gasteiger partial charge in [0.1, 0.15) is 11.5 Å². The summed E-state index contributed by atoms with van der Waals surface area (Å²) in [5.74, 6) is -0.0769. The lowest BCUT2D eigenvalue weighted by molar-refractivity contribution is 0.549. The summed E-state index contributed by atoms with van der Waals surface area (Å²) in [6, 6.07) is -0.237. The third-order valence-corrected chi connectivity index (χ3v) is 1.72. The SMILES string of the molecule is CC(C)n1c(=O)[nH]c(N)c(N)c1=O. The van der Waals surface area contributed by atoms with Crippen LogP contribution in [0.5, 0.6) is 0 Å². The van der Waals surface area contributed by atoms with Crippen LogP contribution in [0, 0.1) is 0 Å². The molecule has 0 amide bonds. The molecule has 0 aromatic carbocycles. The van der Waals surface area contributed by atoms with Crippen LogP contribution in [0.1, 0.15) is 19.9 Å². The van der Waals surface area contributed by atoms with E-state index in [0.717, 1.165) is 4.57 Å². The normalized spacial score (nSPS) is 10.7. The molecule has 0 fully saturated rings. The maximum atomic E-state index is 11.4. The first-order valence-corrected chi connectivity index (χ1v) is 3.85. The fraction of sp³-hybridized carbons (Fsp3) is 0.429. The van der Waals surface area contributed by atoms with Crippen molar-refractivity contribution in [1.82, 2.24) is 9.55 Å². The van der Waals surface area contributed by atoms with Crippen molar-refractivity contribution in [2.75, 3.05) is 11.5 Å². The van der Waals surface area contributed by atoms with Crippen molar-refractivity contribution in [3.8, 4) is 0 Å². The van der Waals surface area contributed by atoms with Gasteiger partial charge < -0.3 is 11.5 Å². The number of anilines is 2. The van der Waals surface area contributed by atoms with E-state index in [0.29, 0.717) is 0 Å². The molecule has 1 aromatic heterocycles. The summed E-state index contributed by atoms with van der Waals surface area (Å²) in [5, 5.41) is 0. The van der Waals surface area contributed by atoms with Crippen molar-refractivity contribution in [3.05, 3.63) is 20.8 Å². The van der Waals surface area contributed by atoms with Crippen LogP contribution >= 0.6 is 0 Å². The van der Waals surface area contributed by atoms with Crippen LogP contribution in [0.3, 0.4) is 0 Å². The zero-order chi connectivity index (χ0) is 10.2. The topological polar surface area (TPSA) is 107 Å². The lowest BCUT2D eigenvalue weighted by Gasteiger charge is -2.09. The fourth-order valence-electron chi connectivity index (χ4n) is 1.05. The van der Waals surface area contributed by atoms with Gasteiger partial charge in [-0.05, 0) is 13.8 Å². The Morgan fingerprint density at radius 2 is 1.85 bits per heavy atom. The molecule has 5 N–H and O–H groups in total. The zero-order valence-corrected chi connectivity index (χ0v) is 7.50. The molecule has 1 rings (SSSR count). The highest BCUT2D eigenvalue weighted by Crippen LogP contribution is 2.02. The molecule has 0 unspecified atom stereocenters. The van der Waals surface area contributed by atoms with E-state index in [4.69, 9.17) is 11.5 Å². The predicted molar refractivity (Wildman–Crippen MR) is 50.5 cm³/mol. The van der Waals surface area contributed by atoms with Crippen LogP contribution in [-0.2, 0) is 0 Å². The van der Waals surface area contributed by atoms with E-state index in [1.807, 2.05) is 0 Å². The Morgan fingerprint density at radius 3 is 2.31 bits per heavy atom. The van der Waals surface area contributed by atoms with Crippen LogP contribution in [0.15, 0.2) is 9.59 Å². The van der Waals surface area contributed by atoms with Gasteiger partial charge in [-0.25, -0.2) is 4.79 Å². The number of aromatic amines is 1. The highest BCUT2D eigenvalue weighted by Gasteiger charge is 2.10. The maximum Gasteiger partial charge on any atom is 0.330 e. The van der Waals surface area contributed by atoms with Crippen LogP contribution in [-0.4, -0.2) is 9.55 Å². The Bertz CT molecular complexity index is 429. The number of rotatable bonds is 1. The molecule has 0 saturated heterocycles. The lowest BCUT2D eigenvalue weighted by atomic mass is 10.3. The molecular formula is C7H12N4O2. The van der Waals surface area contributed by atoms with Crippen molar-refractivity contribution in [1.29, 1.82) is 0 Å². The minimum Gasteiger partial charge on any atom is -0.391 e. The van der Waals surface area contributed by atoms with E-state index in [9.17, 15) is 9.59 Å². The van der Waals surface area contributed by atoms with Gasteiger partial charge in [0.2, 0.25) is 0 Å². The molecule has 72 valence electrons. The van der Waals surface area contributed by atoms with Gasteiger partial charge in [-0.15, -0.1) is 0 Å². The molecule has 0 radical (unpaired) electrons. The number of hydrogen-bond donors (Lipinski definition) is 3. The van der Waals surface area contributed by atoms with Crippen molar-refractivity contribution in [2.24, 2.45) is 0 Å². The summed E-state index contributed by atoms with van der Waals surface area (Å²) < 4.78 is 1.02. The molecule has 1 heterocycles. The second kappa shape index (κ2) is 2.96. The molecule has 0 aliphatic rings. The molecule has 0 spiro atoms. The maximum absolute atomic E-state index is 11.4. The van der Waals surface area contributed by atoms with Crippen molar-refractivity contribution in [3.63, 3.8) is 0 Å². The van der Waals surface area contributed by atoms with E-state index in [1.54, 1.807) is 13.8 Å². The molecule has 0 aliphatic heterocycles. The molecule has 0 saturated carbocycles. The van der Waals surface area contributed by atoms with Gasteiger partial charge in [0.05, 0.1) is 0 Å². The standard InChI is InChI=1S/C7H12N4O2/c1-3(2)11-6(12)4(8)5(9)10-7(11)13/h3H,8-9H2,1-2H3,(H,10,13). The highest BCUT2D eigenvalue weighted by atomic mass is 16.2. The van der Waals surface area contributed by atoms with Crippen LogP contribution < -0.4 is 22.7 Å². The minimum absolute atomic E-state index is 0.0769. The van der Waals surface area contributed by atoms with Gasteiger partial charge in [0.25, 0.3) is 5.56 Å². The first-order valence-electron chi connectivity index (χ1n) is 3.85. The van der Waals surface area contributed by atoms with Gasteiger partial charge in [0, 0.05) is 6.04 Å². The van der Waals surface area contributed by atoms with Crippen molar-refractivity contribution in [2.45, 2.75) is 19.9 Å². The van der Waals surface area contributed by atoms with Gasteiger partial charge in [-0.3, -0.25) is 14.3 Å². The van der Waals surface area contributed by atoms with Gasteiger partial charge >= 0.3 is 5.69 Å². The van der Waals surface area contributed by atoms with Gasteiger partial charge in [-0.1, -0.05) is 0 Å². The Morgan fingerprint density at radius 1 is 1.31 bits per heavy atom. The van der Waals surface area contributed by atoms with E-state index in [1.165, 1.54) is 0 Å². The molecule has 6 nitrogen and oxygen atoms in total. The second-order valence-electron chi connectivity index (χ2n) is 3.03. The molecule has 13 heavy (non-hydrogen) atoms. The highest BCUT2D eigenvalue weighted by molar-refractivity contribution is 5.55. The third kappa shape index (κ3) is 1.42. The van der Waals surface area contributed by atoms with Crippen LogP contribution in [0.25, 0.3) is 0 Å². The molecular weight excluding hydrogens is 172 g/mol. The Kier molecular flexibility index (Phi) is 2.14. The number of nitrogen functional groups attached to an aromatic ring is 2. The molecule has 1 aromatic rings. The number of nitrogens with zero attached hydrogens (tertiary/aromatic N) is 1. The summed E-state index contributed by atoms with van der Waals surface area (Å²) in [4.78, 5) is 24.9. The summed E-state index contributed by atoms with van der Waals surface area (Å²) >= 11 is 0. The zero-order valence-electron chi connectivity index (χ0n) is 7.50. The van der Waals surface area contributed by atoms with Crippen molar-refractivity contribution < 1.29 is 0 Å². The third-order valence-electron chi connectivity index (χ3n) is 1.72. The first kappa shape index (κ1) is 9.37. The summed E-state index contributed by atoms with van der Waals surface area (Å²) in [7, 11) is 0. The predicted octanol–water partition coefficient (Wildman–Crippen LogP) is -0.718. The Hall–Kier alpha value is -1.72. The van der Waals surface area contributed by atoms with Gasteiger partial charge in [0.15, 0.2) is 0 Å². The average Bonchev–Trinajstić information content (AvgIpc) is 1.99. The molecule has 0 atom stereocenters. The van der Waals surface area contributed by atoms with E-state index < -0.39 is 11.2 Å². The number of nitrogens with one attached hydrogen (secondary N) is 1. The number of nitrogens with two attached hydrogens (primary N) is 2.